The fourth-order valence-electron chi connectivity index (χ4n) is 2.80. The van der Waals surface area contributed by atoms with Crippen LogP contribution in [0.25, 0.3) is 5.69 Å². The van der Waals surface area contributed by atoms with Crippen LogP contribution in [0.15, 0.2) is 36.7 Å². The van der Waals surface area contributed by atoms with Crippen molar-refractivity contribution in [1.29, 1.82) is 0 Å². The van der Waals surface area contributed by atoms with E-state index in [2.05, 4.69) is 22.5 Å². The van der Waals surface area contributed by atoms with E-state index in [0.29, 0.717) is 0 Å². The van der Waals surface area contributed by atoms with Gasteiger partial charge >= 0.3 is 0 Å². The summed E-state index contributed by atoms with van der Waals surface area (Å²) in [5, 5.41) is 7.79. The van der Waals surface area contributed by atoms with Gasteiger partial charge in [0.25, 0.3) is 0 Å². The van der Waals surface area contributed by atoms with E-state index in [1.165, 1.54) is 5.56 Å². The third-order valence-corrected chi connectivity index (χ3v) is 4.13. The predicted octanol–water partition coefficient (Wildman–Crippen LogP) is 2.82. The molecule has 0 saturated carbocycles. The topological polar surface area (TPSA) is 48.3 Å². The molecule has 1 aliphatic rings. The molecular weight excluding hydrogens is 314 g/mol. The fraction of sp³-hybridized carbons (Fsp3) is 0.471. The van der Waals surface area contributed by atoms with Crippen LogP contribution < -0.4 is 10.1 Å². The van der Waals surface area contributed by atoms with Crippen molar-refractivity contribution in [3.05, 3.63) is 42.2 Å². The highest BCUT2D eigenvalue weighted by atomic mass is 35.5. The van der Waals surface area contributed by atoms with Crippen LogP contribution in [0.3, 0.4) is 0 Å². The molecular formula is C17H24ClN3O2. The first-order valence-corrected chi connectivity index (χ1v) is 7.82. The second-order valence-electron chi connectivity index (χ2n) is 5.63. The Balaban J connectivity index is 0.00000192. The highest BCUT2D eigenvalue weighted by molar-refractivity contribution is 5.85. The van der Waals surface area contributed by atoms with Crippen LogP contribution in [0.1, 0.15) is 18.4 Å². The number of aromatic nitrogens is 2. The molecule has 0 unspecified atom stereocenters. The molecule has 1 aromatic heterocycles. The minimum absolute atomic E-state index is 0. The molecule has 0 bridgehead atoms. The van der Waals surface area contributed by atoms with Gasteiger partial charge in [0.1, 0.15) is 5.75 Å². The van der Waals surface area contributed by atoms with E-state index in [9.17, 15) is 0 Å². The summed E-state index contributed by atoms with van der Waals surface area (Å²) in [7, 11) is 1.71. The van der Waals surface area contributed by atoms with Crippen LogP contribution in [0, 0.1) is 5.92 Å². The van der Waals surface area contributed by atoms with E-state index in [0.717, 1.165) is 56.5 Å². The summed E-state index contributed by atoms with van der Waals surface area (Å²) >= 11 is 0. The van der Waals surface area contributed by atoms with Crippen molar-refractivity contribution in [2.24, 2.45) is 5.92 Å². The molecule has 2 aromatic rings. The Morgan fingerprint density at radius 1 is 1.35 bits per heavy atom. The monoisotopic (exact) mass is 337 g/mol. The maximum atomic E-state index is 5.53. The molecule has 126 valence electrons. The lowest BCUT2D eigenvalue weighted by molar-refractivity contribution is 0.0662. The third kappa shape index (κ3) is 4.70. The highest BCUT2D eigenvalue weighted by Crippen LogP contribution is 2.22. The largest absolute Gasteiger partial charge is 0.496 e. The summed E-state index contributed by atoms with van der Waals surface area (Å²) in [5.41, 5.74) is 2.18. The number of benzene rings is 1. The molecule has 1 saturated heterocycles. The van der Waals surface area contributed by atoms with Crippen LogP contribution in [-0.4, -0.2) is 36.6 Å². The Hall–Kier alpha value is -1.56. The number of nitrogens with zero attached hydrogens (tertiary/aromatic N) is 2. The van der Waals surface area contributed by atoms with E-state index in [1.54, 1.807) is 13.3 Å². The number of rotatable bonds is 6. The van der Waals surface area contributed by atoms with Gasteiger partial charge < -0.3 is 14.8 Å². The minimum Gasteiger partial charge on any atom is -0.496 e. The zero-order chi connectivity index (χ0) is 15.2. The molecule has 6 heteroatoms. The van der Waals surface area contributed by atoms with Crippen LogP contribution in [0.5, 0.6) is 5.75 Å². The number of methoxy groups -OCH3 is 1. The maximum absolute atomic E-state index is 5.53. The summed E-state index contributed by atoms with van der Waals surface area (Å²) in [5.74, 6) is 1.62. The van der Waals surface area contributed by atoms with Gasteiger partial charge in [0, 0.05) is 43.8 Å². The summed E-state index contributed by atoms with van der Waals surface area (Å²) in [6, 6.07) is 8.11. The van der Waals surface area contributed by atoms with Gasteiger partial charge in [-0.05, 0) is 37.4 Å². The number of nitrogens with one attached hydrogen (secondary N) is 1. The van der Waals surface area contributed by atoms with E-state index < -0.39 is 0 Å². The summed E-state index contributed by atoms with van der Waals surface area (Å²) in [4.78, 5) is 0. The second-order valence-corrected chi connectivity index (χ2v) is 5.63. The lowest BCUT2D eigenvalue weighted by Crippen LogP contribution is -2.27. The molecule has 0 amide bonds. The van der Waals surface area contributed by atoms with Gasteiger partial charge in [-0.3, -0.25) is 0 Å². The summed E-state index contributed by atoms with van der Waals surface area (Å²) in [6.45, 7) is 3.65. The predicted molar refractivity (Wildman–Crippen MR) is 92.6 cm³/mol. The van der Waals surface area contributed by atoms with Crippen molar-refractivity contribution < 1.29 is 9.47 Å². The molecule has 5 nitrogen and oxygen atoms in total. The Bertz CT molecular complexity index is 584. The van der Waals surface area contributed by atoms with Gasteiger partial charge in [0.2, 0.25) is 0 Å². The van der Waals surface area contributed by atoms with Crippen LogP contribution in [0.4, 0.5) is 0 Å². The van der Waals surface area contributed by atoms with E-state index >= 15 is 0 Å². The van der Waals surface area contributed by atoms with Gasteiger partial charge in [-0.2, -0.15) is 5.10 Å². The normalized spacial score (nSPS) is 15.2. The first kappa shape index (κ1) is 17.8. The van der Waals surface area contributed by atoms with E-state index in [4.69, 9.17) is 9.47 Å². The number of hydrogen-bond donors (Lipinski definition) is 1. The second kappa shape index (κ2) is 8.91. The van der Waals surface area contributed by atoms with E-state index in [-0.39, 0.29) is 12.4 Å². The number of hydrogen-bond acceptors (Lipinski definition) is 4. The molecule has 0 aliphatic carbocycles. The average Bonchev–Trinajstić information content (AvgIpc) is 3.10. The zero-order valence-electron chi connectivity index (χ0n) is 13.4. The van der Waals surface area contributed by atoms with Crippen molar-refractivity contribution in [2.75, 3.05) is 26.9 Å². The van der Waals surface area contributed by atoms with Crippen molar-refractivity contribution in [1.82, 2.24) is 15.1 Å². The lowest BCUT2D eigenvalue weighted by Gasteiger charge is -2.22. The SMILES string of the molecule is COc1cc(-n2cccn2)ccc1CNCC1CCOCC1.Cl. The number of halogens is 1. The summed E-state index contributed by atoms with van der Waals surface area (Å²) in [6.07, 6.45) is 6.01. The van der Waals surface area contributed by atoms with Crippen LogP contribution >= 0.6 is 12.4 Å². The van der Waals surface area contributed by atoms with Gasteiger partial charge in [0.15, 0.2) is 0 Å². The molecule has 23 heavy (non-hydrogen) atoms. The van der Waals surface area contributed by atoms with Crippen molar-refractivity contribution >= 4 is 12.4 Å². The Labute approximate surface area is 143 Å². The lowest BCUT2D eigenvalue weighted by atomic mass is 10.0. The quantitative estimate of drug-likeness (QED) is 0.880. The molecule has 0 atom stereocenters. The zero-order valence-corrected chi connectivity index (χ0v) is 14.2. The molecule has 2 heterocycles. The van der Waals surface area contributed by atoms with Crippen molar-refractivity contribution in [3.8, 4) is 11.4 Å². The van der Waals surface area contributed by atoms with Gasteiger partial charge in [0.05, 0.1) is 12.8 Å². The standard InChI is InChI=1S/C17H23N3O2.ClH/c1-21-17-11-16(20-8-2-7-19-20)4-3-15(17)13-18-12-14-5-9-22-10-6-14;/h2-4,7-8,11,14,18H,5-6,9-10,12-13H2,1H3;1H. The first-order valence-electron chi connectivity index (χ1n) is 7.82. The van der Waals surface area contributed by atoms with E-state index in [1.807, 2.05) is 23.0 Å². The molecule has 1 N–H and O–H groups in total. The first-order chi connectivity index (χ1) is 10.9. The van der Waals surface area contributed by atoms with Crippen LogP contribution in [0.2, 0.25) is 0 Å². The Kier molecular flexibility index (Phi) is 6.89. The third-order valence-electron chi connectivity index (χ3n) is 4.13. The van der Waals surface area contributed by atoms with Gasteiger partial charge in [-0.1, -0.05) is 6.07 Å². The molecule has 1 fully saturated rings. The van der Waals surface area contributed by atoms with Crippen molar-refractivity contribution in [2.45, 2.75) is 19.4 Å². The maximum Gasteiger partial charge on any atom is 0.125 e. The van der Waals surface area contributed by atoms with Gasteiger partial charge in [-0.15, -0.1) is 12.4 Å². The number of ether oxygens (including phenoxy) is 2. The highest BCUT2D eigenvalue weighted by Gasteiger charge is 2.13. The van der Waals surface area contributed by atoms with Crippen LogP contribution in [-0.2, 0) is 11.3 Å². The molecule has 3 rings (SSSR count). The molecule has 1 aliphatic heterocycles. The van der Waals surface area contributed by atoms with Crippen molar-refractivity contribution in [3.63, 3.8) is 0 Å². The molecule has 1 aromatic carbocycles. The smallest absolute Gasteiger partial charge is 0.125 e. The average molecular weight is 338 g/mol. The Morgan fingerprint density at radius 3 is 2.87 bits per heavy atom. The fourth-order valence-corrected chi connectivity index (χ4v) is 2.80. The summed E-state index contributed by atoms with van der Waals surface area (Å²) < 4.78 is 12.8. The minimum atomic E-state index is 0. The molecule has 0 radical (unpaired) electrons. The van der Waals surface area contributed by atoms with Gasteiger partial charge in [-0.25, -0.2) is 4.68 Å². The Morgan fingerprint density at radius 2 is 2.17 bits per heavy atom. The molecule has 0 spiro atoms.